The number of rotatable bonds is 5. The summed E-state index contributed by atoms with van der Waals surface area (Å²) in [5, 5.41) is 0. The van der Waals surface area contributed by atoms with E-state index < -0.39 is 10.8 Å². The van der Waals surface area contributed by atoms with Gasteiger partial charge in [0.1, 0.15) is 0 Å². The van der Waals surface area contributed by atoms with Crippen molar-refractivity contribution in [1.82, 2.24) is 4.90 Å². The van der Waals surface area contributed by atoms with E-state index in [0.29, 0.717) is 17.5 Å². The van der Waals surface area contributed by atoms with Crippen LogP contribution in [0.4, 0.5) is 0 Å². The fourth-order valence-corrected chi connectivity index (χ4v) is 3.22. The van der Waals surface area contributed by atoms with Gasteiger partial charge in [0, 0.05) is 41.7 Å². The van der Waals surface area contributed by atoms with Gasteiger partial charge in [-0.25, -0.2) is 0 Å². The Morgan fingerprint density at radius 3 is 2.75 bits per heavy atom. The maximum atomic E-state index is 11.7. The first-order valence-electron chi connectivity index (χ1n) is 5.95. The third-order valence-electron chi connectivity index (χ3n) is 2.72. The number of nitrogens with two attached hydrogens (primary N) is 1. The van der Waals surface area contributed by atoms with Gasteiger partial charge in [-0.1, -0.05) is 0 Å². The summed E-state index contributed by atoms with van der Waals surface area (Å²) in [6.07, 6.45) is 0.107. The molecule has 1 aliphatic heterocycles. The second-order valence-corrected chi connectivity index (χ2v) is 6.38. The number of hydrogen-bond donors (Lipinski definition) is 1. The molecule has 0 aliphatic carbocycles. The minimum atomic E-state index is -0.853. The Bertz CT molecular complexity index is 234. The Morgan fingerprint density at radius 1 is 1.50 bits per heavy atom. The van der Waals surface area contributed by atoms with Crippen LogP contribution in [-0.2, 0) is 15.5 Å². The van der Waals surface area contributed by atoms with Crippen molar-refractivity contribution in [3.63, 3.8) is 0 Å². The van der Waals surface area contributed by atoms with Gasteiger partial charge in [-0.05, 0) is 20.8 Å². The molecule has 0 aromatic carbocycles. The number of morpholine rings is 1. The highest BCUT2D eigenvalue weighted by Crippen LogP contribution is 2.10. The molecule has 0 spiro atoms. The van der Waals surface area contributed by atoms with E-state index in [2.05, 4.69) is 18.7 Å². The van der Waals surface area contributed by atoms with E-state index >= 15 is 0 Å². The fraction of sp³-hybridized carbons (Fsp3) is 1.00. The van der Waals surface area contributed by atoms with Crippen LogP contribution in [0, 0.1) is 0 Å². The molecule has 1 aliphatic rings. The zero-order valence-electron chi connectivity index (χ0n) is 10.5. The Labute approximate surface area is 101 Å². The summed E-state index contributed by atoms with van der Waals surface area (Å²) in [4.78, 5) is 2.37. The minimum Gasteiger partial charge on any atom is -0.375 e. The quantitative estimate of drug-likeness (QED) is 0.755. The van der Waals surface area contributed by atoms with Gasteiger partial charge in [0.15, 0.2) is 0 Å². The van der Waals surface area contributed by atoms with Gasteiger partial charge >= 0.3 is 0 Å². The van der Waals surface area contributed by atoms with Crippen LogP contribution < -0.4 is 5.73 Å². The van der Waals surface area contributed by atoms with Crippen molar-refractivity contribution in [3.05, 3.63) is 0 Å². The average Bonchev–Trinajstić information content (AvgIpc) is 2.16. The monoisotopic (exact) mass is 248 g/mol. The first-order chi connectivity index (χ1) is 7.49. The summed E-state index contributed by atoms with van der Waals surface area (Å²) < 4.78 is 17.4. The van der Waals surface area contributed by atoms with E-state index in [1.165, 1.54) is 0 Å². The molecule has 0 amide bonds. The molecule has 16 heavy (non-hydrogen) atoms. The Hall–Kier alpha value is 0.0300. The second-order valence-electron chi connectivity index (χ2n) is 4.83. The summed E-state index contributed by atoms with van der Waals surface area (Å²) in [6, 6.07) is 0.541. The van der Waals surface area contributed by atoms with Crippen LogP contribution in [-0.4, -0.2) is 58.5 Å². The predicted octanol–water partition coefficient (Wildman–Crippen LogP) is 0.192. The molecule has 1 rings (SSSR count). The number of hydrogen-bond acceptors (Lipinski definition) is 4. The van der Waals surface area contributed by atoms with E-state index in [1.54, 1.807) is 0 Å². The van der Waals surface area contributed by atoms with Gasteiger partial charge in [0.25, 0.3) is 0 Å². The molecule has 96 valence electrons. The number of nitrogens with zero attached hydrogens (tertiary/aromatic N) is 1. The summed E-state index contributed by atoms with van der Waals surface area (Å²) in [7, 11) is -0.853. The molecule has 0 aromatic heterocycles. The predicted molar refractivity (Wildman–Crippen MR) is 68.0 cm³/mol. The molecule has 4 nitrogen and oxygen atoms in total. The second kappa shape index (κ2) is 6.69. The number of ether oxygens (including phenoxy) is 1. The molecule has 3 unspecified atom stereocenters. The molecule has 0 aromatic rings. The third-order valence-corrected chi connectivity index (χ3v) is 4.36. The fourth-order valence-electron chi connectivity index (χ4n) is 1.88. The minimum absolute atomic E-state index is 0.00521. The Kier molecular flexibility index (Phi) is 5.89. The van der Waals surface area contributed by atoms with Crippen molar-refractivity contribution in [1.29, 1.82) is 0 Å². The van der Waals surface area contributed by atoms with Crippen molar-refractivity contribution in [3.8, 4) is 0 Å². The molecule has 1 saturated heterocycles. The van der Waals surface area contributed by atoms with Gasteiger partial charge < -0.3 is 10.5 Å². The summed E-state index contributed by atoms with van der Waals surface area (Å²) in [6.45, 7) is 8.87. The standard InChI is InChI=1S/C11H24N2O2S/c1-9(2)13-4-5-15-11(6-13)8-16(14)7-10(3)12/h9-11H,4-8,12H2,1-3H3. The van der Waals surface area contributed by atoms with Crippen LogP contribution in [0.15, 0.2) is 0 Å². The average molecular weight is 248 g/mol. The highest BCUT2D eigenvalue weighted by atomic mass is 32.2. The van der Waals surface area contributed by atoms with Crippen LogP contribution in [0.3, 0.4) is 0 Å². The Morgan fingerprint density at radius 2 is 2.19 bits per heavy atom. The van der Waals surface area contributed by atoms with Crippen LogP contribution in [0.5, 0.6) is 0 Å². The lowest BCUT2D eigenvalue weighted by Gasteiger charge is -2.35. The third kappa shape index (κ3) is 4.91. The molecule has 1 heterocycles. The normalized spacial score (nSPS) is 26.9. The molecular weight excluding hydrogens is 224 g/mol. The van der Waals surface area contributed by atoms with Gasteiger partial charge in [0.05, 0.1) is 18.5 Å². The molecule has 0 radical (unpaired) electrons. The SMILES string of the molecule is CC(N)CS(=O)CC1CN(C(C)C)CCO1. The van der Waals surface area contributed by atoms with Crippen LogP contribution in [0.25, 0.3) is 0 Å². The van der Waals surface area contributed by atoms with E-state index in [-0.39, 0.29) is 12.1 Å². The molecule has 3 atom stereocenters. The highest BCUT2D eigenvalue weighted by Gasteiger charge is 2.23. The molecular formula is C11H24N2O2S. The van der Waals surface area contributed by atoms with Crippen molar-refractivity contribution in [2.45, 2.75) is 39.0 Å². The lowest BCUT2D eigenvalue weighted by Crippen LogP contribution is -2.47. The van der Waals surface area contributed by atoms with Crippen LogP contribution in [0.2, 0.25) is 0 Å². The summed E-state index contributed by atoms with van der Waals surface area (Å²) in [5.74, 6) is 1.19. The van der Waals surface area contributed by atoms with Crippen LogP contribution in [0.1, 0.15) is 20.8 Å². The first-order valence-corrected chi connectivity index (χ1v) is 7.44. The van der Waals surface area contributed by atoms with Crippen molar-refractivity contribution >= 4 is 10.8 Å². The maximum absolute atomic E-state index is 11.7. The van der Waals surface area contributed by atoms with Crippen molar-refractivity contribution < 1.29 is 8.95 Å². The molecule has 2 N–H and O–H groups in total. The van der Waals surface area contributed by atoms with Gasteiger partial charge in [-0.2, -0.15) is 0 Å². The zero-order valence-corrected chi connectivity index (χ0v) is 11.3. The van der Waals surface area contributed by atoms with E-state index in [0.717, 1.165) is 19.7 Å². The van der Waals surface area contributed by atoms with E-state index in [9.17, 15) is 4.21 Å². The van der Waals surface area contributed by atoms with Crippen molar-refractivity contribution in [2.24, 2.45) is 5.73 Å². The zero-order chi connectivity index (χ0) is 12.1. The van der Waals surface area contributed by atoms with Gasteiger partial charge in [-0.15, -0.1) is 0 Å². The topological polar surface area (TPSA) is 55.6 Å². The summed E-state index contributed by atoms with van der Waals surface area (Å²) in [5.41, 5.74) is 5.63. The smallest absolute Gasteiger partial charge is 0.0817 e. The molecule has 5 heteroatoms. The lowest BCUT2D eigenvalue weighted by molar-refractivity contribution is -0.0268. The molecule has 0 bridgehead atoms. The summed E-state index contributed by atoms with van der Waals surface area (Å²) >= 11 is 0. The largest absolute Gasteiger partial charge is 0.375 e. The van der Waals surface area contributed by atoms with Gasteiger partial charge in [0.2, 0.25) is 0 Å². The van der Waals surface area contributed by atoms with Crippen LogP contribution >= 0.6 is 0 Å². The maximum Gasteiger partial charge on any atom is 0.0817 e. The first kappa shape index (κ1) is 14.1. The van der Waals surface area contributed by atoms with Gasteiger partial charge in [-0.3, -0.25) is 9.11 Å². The lowest BCUT2D eigenvalue weighted by atomic mass is 10.2. The van der Waals surface area contributed by atoms with E-state index in [4.69, 9.17) is 10.5 Å². The molecule has 0 saturated carbocycles. The molecule has 1 fully saturated rings. The van der Waals surface area contributed by atoms with E-state index in [1.807, 2.05) is 6.92 Å². The highest BCUT2D eigenvalue weighted by molar-refractivity contribution is 7.85. The van der Waals surface area contributed by atoms with Crippen molar-refractivity contribution in [2.75, 3.05) is 31.2 Å². The Balaban J connectivity index is 2.34.